The number of aryl methyl sites for hydroxylation is 1. The first kappa shape index (κ1) is 17.5. The van der Waals surface area contributed by atoms with E-state index >= 15 is 0 Å². The van der Waals surface area contributed by atoms with Gasteiger partial charge in [0.1, 0.15) is 5.76 Å². The van der Waals surface area contributed by atoms with Crippen LogP contribution in [0.25, 0.3) is 5.69 Å². The van der Waals surface area contributed by atoms with Gasteiger partial charge in [-0.25, -0.2) is 4.68 Å². The molecule has 0 aliphatic carbocycles. The first-order chi connectivity index (χ1) is 13.2. The van der Waals surface area contributed by atoms with E-state index in [2.05, 4.69) is 15.3 Å². The molecule has 0 radical (unpaired) electrons. The quantitative estimate of drug-likeness (QED) is 0.729. The molecule has 3 heterocycles. The van der Waals surface area contributed by atoms with Crippen LogP contribution in [-0.2, 0) is 0 Å². The van der Waals surface area contributed by atoms with E-state index < -0.39 is 0 Å². The summed E-state index contributed by atoms with van der Waals surface area (Å²) in [6.07, 6.45) is 5.85. The molecule has 1 N–H and O–H groups in total. The fraction of sp³-hybridized carbons (Fsp3) is 0.333. The van der Waals surface area contributed by atoms with E-state index in [1.54, 1.807) is 12.5 Å². The average Bonchev–Trinajstić information content (AvgIpc) is 3.45. The number of nitrogens with one attached hydrogen (secondary N) is 1. The van der Waals surface area contributed by atoms with E-state index in [4.69, 9.17) is 4.42 Å². The van der Waals surface area contributed by atoms with Crippen LogP contribution < -0.4 is 5.32 Å². The summed E-state index contributed by atoms with van der Waals surface area (Å²) < 4.78 is 7.46. The highest BCUT2D eigenvalue weighted by Crippen LogP contribution is 2.25. The minimum absolute atomic E-state index is 0.0745. The van der Waals surface area contributed by atoms with Crippen molar-refractivity contribution >= 4 is 5.91 Å². The number of benzene rings is 1. The van der Waals surface area contributed by atoms with E-state index in [1.165, 1.54) is 12.8 Å². The second-order valence-corrected chi connectivity index (χ2v) is 6.92. The van der Waals surface area contributed by atoms with E-state index in [-0.39, 0.29) is 11.9 Å². The molecule has 140 valence electrons. The molecule has 1 amide bonds. The lowest BCUT2D eigenvalue weighted by atomic mass is 10.1. The zero-order chi connectivity index (χ0) is 18.6. The van der Waals surface area contributed by atoms with Crippen molar-refractivity contribution in [2.24, 2.45) is 0 Å². The number of aromatic nitrogens is 2. The summed E-state index contributed by atoms with van der Waals surface area (Å²) in [6, 6.07) is 13.4. The Morgan fingerprint density at radius 2 is 1.96 bits per heavy atom. The van der Waals surface area contributed by atoms with Crippen LogP contribution in [0, 0.1) is 6.92 Å². The highest BCUT2D eigenvalue weighted by molar-refractivity contribution is 5.94. The highest BCUT2D eigenvalue weighted by Gasteiger charge is 2.26. The summed E-state index contributed by atoms with van der Waals surface area (Å²) in [7, 11) is 0. The molecular weight excluding hydrogens is 340 g/mol. The maximum absolute atomic E-state index is 12.6. The molecule has 1 aliphatic rings. The van der Waals surface area contributed by atoms with Gasteiger partial charge in [0.05, 0.1) is 18.0 Å². The number of furan rings is 1. The van der Waals surface area contributed by atoms with E-state index in [0.29, 0.717) is 12.1 Å². The van der Waals surface area contributed by atoms with Gasteiger partial charge < -0.3 is 9.73 Å². The van der Waals surface area contributed by atoms with Crippen LogP contribution in [-0.4, -0.2) is 40.2 Å². The molecule has 1 fully saturated rings. The molecule has 27 heavy (non-hydrogen) atoms. The molecule has 0 unspecified atom stereocenters. The second-order valence-electron chi connectivity index (χ2n) is 6.92. The normalized spacial score (nSPS) is 15.7. The number of amides is 1. The summed E-state index contributed by atoms with van der Waals surface area (Å²) in [5.41, 5.74) is 2.64. The monoisotopic (exact) mass is 364 g/mol. The van der Waals surface area contributed by atoms with Crippen LogP contribution >= 0.6 is 0 Å². The van der Waals surface area contributed by atoms with Gasteiger partial charge in [0, 0.05) is 24.0 Å². The Morgan fingerprint density at radius 3 is 2.59 bits per heavy atom. The van der Waals surface area contributed by atoms with Crippen LogP contribution in [0.15, 0.2) is 59.3 Å². The van der Waals surface area contributed by atoms with Crippen molar-refractivity contribution in [2.45, 2.75) is 25.8 Å². The fourth-order valence-corrected chi connectivity index (χ4v) is 3.63. The van der Waals surface area contributed by atoms with Gasteiger partial charge in [0.15, 0.2) is 0 Å². The van der Waals surface area contributed by atoms with Gasteiger partial charge >= 0.3 is 0 Å². The molecule has 0 spiro atoms. The third-order valence-corrected chi connectivity index (χ3v) is 5.12. The number of hydrogen-bond donors (Lipinski definition) is 1. The third kappa shape index (κ3) is 3.80. The van der Waals surface area contributed by atoms with Gasteiger partial charge in [-0.3, -0.25) is 9.69 Å². The predicted octanol–water partition coefficient (Wildman–Crippen LogP) is 3.34. The Labute approximate surface area is 158 Å². The van der Waals surface area contributed by atoms with Crippen molar-refractivity contribution in [1.29, 1.82) is 0 Å². The number of rotatable bonds is 6. The molecule has 2 aromatic heterocycles. The van der Waals surface area contributed by atoms with Crippen LogP contribution in [0.4, 0.5) is 0 Å². The van der Waals surface area contributed by atoms with Crippen molar-refractivity contribution < 1.29 is 9.21 Å². The number of likely N-dealkylation sites (tertiary alicyclic amines) is 1. The Hall–Kier alpha value is -2.86. The van der Waals surface area contributed by atoms with E-state index in [0.717, 1.165) is 30.2 Å². The van der Waals surface area contributed by atoms with E-state index in [9.17, 15) is 4.79 Å². The van der Waals surface area contributed by atoms with Gasteiger partial charge in [-0.2, -0.15) is 5.10 Å². The molecule has 1 aromatic carbocycles. The topological polar surface area (TPSA) is 63.3 Å². The number of carbonyl (C=O) groups is 1. The van der Waals surface area contributed by atoms with Crippen LogP contribution in [0.2, 0.25) is 0 Å². The van der Waals surface area contributed by atoms with Crippen LogP contribution in [0.5, 0.6) is 0 Å². The van der Waals surface area contributed by atoms with E-state index in [1.807, 2.05) is 54.1 Å². The van der Waals surface area contributed by atoms with Gasteiger partial charge in [-0.05, 0) is 75.3 Å². The lowest BCUT2D eigenvalue weighted by molar-refractivity contribution is 0.0934. The molecule has 3 aromatic rings. The van der Waals surface area contributed by atoms with Crippen LogP contribution in [0.1, 0.15) is 40.7 Å². The molecule has 0 saturated carbocycles. The highest BCUT2D eigenvalue weighted by atomic mass is 16.3. The Kier molecular flexibility index (Phi) is 5.07. The molecule has 1 aliphatic heterocycles. The predicted molar refractivity (Wildman–Crippen MR) is 103 cm³/mol. The minimum Gasteiger partial charge on any atom is -0.468 e. The SMILES string of the molecule is Cc1ccnn1-c1ccc(C(=O)NC[C@@H](c2ccco2)N2CCCC2)cc1. The molecule has 1 saturated heterocycles. The number of hydrogen-bond acceptors (Lipinski definition) is 4. The number of carbonyl (C=O) groups excluding carboxylic acids is 1. The summed E-state index contributed by atoms with van der Waals surface area (Å²) >= 11 is 0. The summed E-state index contributed by atoms with van der Waals surface area (Å²) in [6.45, 7) is 4.62. The lowest BCUT2D eigenvalue weighted by Gasteiger charge is -2.26. The third-order valence-electron chi connectivity index (χ3n) is 5.12. The minimum atomic E-state index is -0.0745. The van der Waals surface area contributed by atoms with Gasteiger partial charge in [-0.1, -0.05) is 0 Å². The maximum Gasteiger partial charge on any atom is 0.251 e. The summed E-state index contributed by atoms with van der Waals surface area (Å²) in [5, 5.41) is 7.36. The van der Waals surface area contributed by atoms with Crippen molar-refractivity contribution in [3.05, 3.63) is 71.9 Å². The van der Waals surface area contributed by atoms with Crippen molar-refractivity contribution in [2.75, 3.05) is 19.6 Å². The Bertz CT molecular complexity index is 877. The maximum atomic E-state index is 12.6. The van der Waals surface area contributed by atoms with Crippen molar-refractivity contribution in [1.82, 2.24) is 20.0 Å². The smallest absolute Gasteiger partial charge is 0.251 e. The molecule has 4 rings (SSSR count). The molecule has 0 bridgehead atoms. The van der Waals surface area contributed by atoms with Gasteiger partial charge in [0.2, 0.25) is 0 Å². The summed E-state index contributed by atoms with van der Waals surface area (Å²) in [5.74, 6) is 0.830. The van der Waals surface area contributed by atoms with Gasteiger partial charge in [0.25, 0.3) is 5.91 Å². The van der Waals surface area contributed by atoms with Crippen molar-refractivity contribution in [3.8, 4) is 5.69 Å². The largest absolute Gasteiger partial charge is 0.468 e. The first-order valence-electron chi connectivity index (χ1n) is 9.39. The standard InChI is InChI=1S/C21H24N4O2/c1-16-10-11-23-25(16)18-8-6-17(7-9-18)21(26)22-15-19(20-5-4-14-27-20)24-12-2-3-13-24/h4-11,14,19H,2-3,12-13,15H2,1H3,(H,22,26)/t19-/m0/s1. The van der Waals surface area contributed by atoms with Crippen molar-refractivity contribution in [3.63, 3.8) is 0 Å². The van der Waals surface area contributed by atoms with Crippen LogP contribution in [0.3, 0.4) is 0 Å². The Balaban J connectivity index is 1.43. The fourth-order valence-electron chi connectivity index (χ4n) is 3.63. The summed E-state index contributed by atoms with van der Waals surface area (Å²) in [4.78, 5) is 15.0. The average molecular weight is 364 g/mol. The molecule has 1 atom stereocenters. The zero-order valence-corrected chi connectivity index (χ0v) is 15.5. The first-order valence-corrected chi connectivity index (χ1v) is 9.39. The Morgan fingerprint density at radius 1 is 1.19 bits per heavy atom. The lowest BCUT2D eigenvalue weighted by Crippen LogP contribution is -2.36. The molecule has 6 heteroatoms. The second kappa shape index (κ2) is 7.80. The zero-order valence-electron chi connectivity index (χ0n) is 15.5. The number of nitrogens with zero attached hydrogens (tertiary/aromatic N) is 3. The molecular formula is C21H24N4O2. The van der Waals surface area contributed by atoms with Gasteiger partial charge in [-0.15, -0.1) is 0 Å². The molecule has 6 nitrogen and oxygen atoms in total.